The third kappa shape index (κ3) is 4.93. The van der Waals surface area contributed by atoms with E-state index >= 15 is 0 Å². The van der Waals surface area contributed by atoms with Crippen LogP contribution in [0.5, 0.6) is 0 Å². The lowest BCUT2D eigenvalue weighted by molar-refractivity contribution is 0.0598. The number of nitrogens with one attached hydrogen (secondary N) is 1. The van der Waals surface area contributed by atoms with E-state index in [2.05, 4.69) is 9.71 Å². The van der Waals surface area contributed by atoms with Crippen LogP contribution in [0.4, 0.5) is 0 Å². The smallest absolute Gasteiger partial charge is 0.272 e. The molecule has 1 N–H and O–H groups in total. The second-order valence-corrected chi connectivity index (χ2v) is 7.73. The van der Waals surface area contributed by atoms with Gasteiger partial charge in [-0.15, -0.1) is 0 Å². The predicted molar refractivity (Wildman–Crippen MR) is 85.4 cm³/mol. The van der Waals surface area contributed by atoms with Crippen molar-refractivity contribution in [2.75, 3.05) is 19.3 Å². The zero-order valence-corrected chi connectivity index (χ0v) is 14.0. The van der Waals surface area contributed by atoms with Crippen molar-refractivity contribution in [3.63, 3.8) is 0 Å². The SMILES string of the molecule is CS(=O)(=O)NCC[C@@H]1CCCCN1C(=O)c1cc(Cl)ccn1. The lowest BCUT2D eigenvalue weighted by atomic mass is 9.99. The van der Waals surface area contributed by atoms with Crippen molar-refractivity contribution in [2.24, 2.45) is 0 Å². The highest BCUT2D eigenvalue weighted by atomic mass is 35.5. The molecule has 1 aromatic rings. The first-order valence-corrected chi connectivity index (χ1v) is 9.51. The Morgan fingerprint density at radius 3 is 2.95 bits per heavy atom. The summed E-state index contributed by atoms with van der Waals surface area (Å²) in [6, 6.07) is 3.21. The van der Waals surface area contributed by atoms with Crippen LogP contribution in [0, 0.1) is 0 Å². The maximum absolute atomic E-state index is 12.6. The highest BCUT2D eigenvalue weighted by Crippen LogP contribution is 2.22. The molecule has 0 bridgehead atoms. The third-order valence-corrected chi connectivity index (χ3v) is 4.63. The molecule has 0 aliphatic carbocycles. The molecule has 1 aromatic heterocycles. The van der Waals surface area contributed by atoms with Gasteiger partial charge in [-0.25, -0.2) is 13.1 Å². The summed E-state index contributed by atoms with van der Waals surface area (Å²) >= 11 is 5.91. The van der Waals surface area contributed by atoms with Gasteiger partial charge >= 0.3 is 0 Å². The summed E-state index contributed by atoms with van der Waals surface area (Å²) in [5.41, 5.74) is 0.329. The molecule has 22 heavy (non-hydrogen) atoms. The number of carbonyl (C=O) groups is 1. The number of carbonyl (C=O) groups excluding carboxylic acids is 1. The largest absolute Gasteiger partial charge is 0.334 e. The Hall–Kier alpha value is -1.18. The molecule has 0 spiro atoms. The van der Waals surface area contributed by atoms with E-state index in [1.165, 1.54) is 6.20 Å². The van der Waals surface area contributed by atoms with Crippen LogP contribution in [0.15, 0.2) is 18.3 Å². The molecule has 2 heterocycles. The van der Waals surface area contributed by atoms with E-state index in [0.717, 1.165) is 25.5 Å². The summed E-state index contributed by atoms with van der Waals surface area (Å²) in [6.45, 7) is 0.993. The average molecular weight is 346 g/mol. The third-order valence-electron chi connectivity index (χ3n) is 3.67. The van der Waals surface area contributed by atoms with Gasteiger partial charge < -0.3 is 4.90 Å². The monoisotopic (exact) mass is 345 g/mol. The van der Waals surface area contributed by atoms with Gasteiger partial charge in [0.2, 0.25) is 10.0 Å². The van der Waals surface area contributed by atoms with Crippen LogP contribution in [0.3, 0.4) is 0 Å². The molecule has 8 heteroatoms. The van der Waals surface area contributed by atoms with Gasteiger partial charge in [0.1, 0.15) is 5.69 Å². The minimum absolute atomic E-state index is 0.0243. The topological polar surface area (TPSA) is 79.4 Å². The summed E-state index contributed by atoms with van der Waals surface area (Å²) in [7, 11) is -3.20. The lowest BCUT2D eigenvalue weighted by Gasteiger charge is -2.35. The van der Waals surface area contributed by atoms with Crippen LogP contribution >= 0.6 is 11.6 Å². The zero-order valence-electron chi connectivity index (χ0n) is 12.5. The van der Waals surface area contributed by atoms with Gasteiger partial charge in [-0.1, -0.05) is 11.6 Å². The fraction of sp³-hybridized carbons (Fsp3) is 0.571. The first-order chi connectivity index (χ1) is 10.4. The molecule has 1 amide bonds. The number of halogens is 1. The van der Waals surface area contributed by atoms with Crippen LogP contribution < -0.4 is 4.72 Å². The number of likely N-dealkylation sites (tertiary alicyclic amines) is 1. The standard InChI is InChI=1S/C14H20ClN3O3S/c1-22(20,21)17-8-6-12-4-2-3-9-18(12)14(19)13-10-11(15)5-7-16-13/h5,7,10,12,17H,2-4,6,8-9H2,1H3/t12-/m0/s1. The highest BCUT2D eigenvalue weighted by molar-refractivity contribution is 7.88. The zero-order chi connectivity index (χ0) is 16.2. The Bertz CT molecular complexity index is 636. The Labute approximate surface area is 135 Å². The summed E-state index contributed by atoms with van der Waals surface area (Å²) < 4.78 is 24.7. The fourth-order valence-electron chi connectivity index (χ4n) is 2.65. The summed E-state index contributed by atoms with van der Waals surface area (Å²) in [5.74, 6) is -0.147. The quantitative estimate of drug-likeness (QED) is 0.880. The number of hydrogen-bond donors (Lipinski definition) is 1. The molecular weight excluding hydrogens is 326 g/mol. The average Bonchev–Trinajstić information content (AvgIpc) is 2.46. The van der Waals surface area contributed by atoms with Crippen molar-refractivity contribution in [3.05, 3.63) is 29.0 Å². The predicted octanol–water partition coefficient (Wildman–Crippen LogP) is 1.67. The number of hydrogen-bond acceptors (Lipinski definition) is 4. The number of rotatable bonds is 5. The van der Waals surface area contributed by atoms with Gasteiger partial charge in [0.15, 0.2) is 0 Å². The number of aromatic nitrogens is 1. The lowest BCUT2D eigenvalue weighted by Crippen LogP contribution is -2.45. The van der Waals surface area contributed by atoms with Crippen LogP contribution in [0.25, 0.3) is 0 Å². The molecule has 1 saturated heterocycles. The summed E-state index contributed by atoms with van der Waals surface area (Å²) in [4.78, 5) is 18.5. The van der Waals surface area contributed by atoms with Gasteiger partial charge in [-0.3, -0.25) is 9.78 Å². The summed E-state index contributed by atoms with van der Waals surface area (Å²) in [5, 5.41) is 0.477. The van der Waals surface area contributed by atoms with E-state index in [4.69, 9.17) is 11.6 Å². The molecule has 0 saturated carbocycles. The van der Waals surface area contributed by atoms with Gasteiger partial charge in [-0.05, 0) is 37.8 Å². The van der Waals surface area contributed by atoms with Gasteiger partial charge in [0.05, 0.1) is 6.26 Å². The van der Waals surface area contributed by atoms with Crippen LogP contribution in [-0.2, 0) is 10.0 Å². The first kappa shape index (κ1) is 17.2. The fourth-order valence-corrected chi connectivity index (χ4v) is 3.30. The first-order valence-electron chi connectivity index (χ1n) is 7.24. The van der Waals surface area contributed by atoms with Gasteiger partial charge in [0, 0.05) is 30.4 Å². The minimum atomic E-state index is -3.20. The molecular formula is C14H20ClN3O3S. The number of pyridine rings is 1. The molecule has 1 aliphatic rings. The molecule has 6 nitrogen and oxygen atoms in total. The Balaban J connectivity index is 2.04. The van der Waals surface area contributed by atoms with Crippen molar-refractivity contribution >= 4 is 27.5 Å². The Kier molecular flexibility index (Phi) is 5.77. The Morgan fingerprint density at radius 1 is 1.50 bits per heavy atom. The molecule has 0 radical (unpaired) electrons. The van der Waals surface area contributed by atoms with Crippen LogP contribution in [0.1, 0.15) is 36.2 Å². The molecule has 2 rings (SSSR count). The second-order valence-electron chi connectivity index (χ2n) is 5.46. The van der Waals surface area contributed by atoms with Crippen molar-refractivity contribution in [1.82, 2.24) is 14.6 Å². The molecule has 1 atom stereocenters. The number of amides is 1. The van der Waals surface area contributed by atoms with Crippen LogP contribution in [0.2, 0.25) is 5.02 Å². The van der Waals surface area contributed by atoms with Crippen molar-refractivity contribution < 1.29 is 13.2 Å². The highest BCUT2D eigenvalue weighted by Gasteiger charge is 2.28. The van der Waals surface area contributed by atoms with Crippen LogP contribution in [-0.4, -0.2) is 49.6 Å². The van der Waals surface area contributed by atoms with Crippen molar-refractivity contribution in [1.29, 1.82) is 0 Å². The number of piperidine rings is 1. The maximum Gasteiger partial charge on any atom is 0.272 e. The number of nitrogens with zero attached hydrogens (tertiary/aromatic N) is 2. The van der Waals surface area contributed by atoms with E-state index in [1.54, 1.807) is 17.0 Å². The van der Waals surface area contributed by atoms with E-state index in [9.17, 15) is 13.2 Å². The molecule has 122 valence electrons. The number of sulfonamides is 1. The molecule has 0 unspecified atom stereocenters. The molecule has 0 aromatic carbocycles. The van der Waals surface area contributed by atoms with Crippen molar-refractivity contribution in [3.8, 4) is 0 Å². The van der Waals surface area contributed by atoms with Gasteiger partial charge in [0.25, 0.3) is 5.91 Å². The van der Waals surface area contributed by atoms with E-state index < -0.39 is 10.0 Å². The second kappa shape index (κ2) is 7.39. The maximum atomic E-state index is 12.6. The minimum Gasteiger partial charge on any atom is -0.334 e. The van der Waals surface area contributed by atoms with Crippen molar-refractivity contribution in [2.45, 2.75) is 31.7 Å². The molecule has 1 fully saturated rings. The molecule has 1 aliphatic heterocycles. The Morgan fingerprint density at radius 2 is 2.27 bits per heavy atom. The van der Waals surface area contributed by atoms with E-state index in [0.29, 0.717) is 30.2 Å². The van der Waals surface area contributed by atoms with E-state index in [-0.39, 0.29) is 11.9 Å². The van der Waals surface area contributed by atoms with Gasteiger partial charge in [-0.2, -0.15) is 0 Å². The summed E-state index contributed by atoms with van der Waals surface area (Å²) in [6.07, 6.45) is 6.10. The normalized spacial score (nSPS) is 19.2. The van der Waals surface area contributed by atoms with E-state index in [1.807, 2.05) is 0 Å².